The molecule has 2 aromatic rings. The molecule has 0 amide bonds. The van der Waals surface area contributed by atoms with Crippen molar-refractivity contribution < 1.29 is 14.6 Å². The Bertz CT molecular complexity index is 671. The van der Waals surface area contributed by atoms with Crippen LogP contribution >= 0.6 is 0 Å². The lowest BCUT2D eigenvalue weighted by molar-refractivity contribution is 0.0693. The van der Waals surface area contributed by atoms with Crippen molar-refractivity contribution >= 4 is 5.97 Å². The molecule has 3 heteroatoms. The topological polar surface area (TPSA) is 46.5 Å². The fourth-order valence-electron chi connectivity index (χ4n) is 2.76. The van der Waals surface area contributed by atoms with E-state index in [4.69, 9.17) is 4.74 Å². The van der Waals surface area contributed by atoms with Crippen LogP contribution in [0.15, 0.2) is 42.5 Å². The summed E-state index contributed by atoms with van der Waals surface area (Å²) < 4.78 is 5.84. The number of hydrogen-bond acceptors (Lipinski definition) is 2. The molecule has 19 heavy (non-hydrogen) atoms. The van der Waals surface area contributed by atoms with E-state index in [-0.39, 0.29) is 5.41 Å². The molecule has 1 N–H and O–H groups in total. The zero-order chi connectivity index (χ0) is 13.6. The first kappa shape index (κ1) is 11.8. The van der Waals surface area contributed by atoms with E-state index in [9.17, 15) is 9.90 Å². The van der Waals surface area contributed by atoms with Crippen LogP contribution in [0, 0.1) is 0 Å². The molecule has 0 saturated heterocycles. The van der Waals surface area contributed by atoms with Crippen molar-refractivity contribution in [3.8, 4) is 11.5 Å². The van der Waals surface area contributed by atoms with Crippen molar-refractivity contribution in [2.24, 2.45) is 0 Å². The highest BCUT2D eigenvalue weighted by atomic mass is 16.5. The van der Waals surface area contributed by atoms with Crippen LogP contribution in [0.1, 0.15) is 35.3 Å². The molecule has 1 aliphatic heterocycles. The van der Waals surface area contributed by atoms with E-state index in [1.165, 1.54) is 0 Å². The summed E-state index contributed by atoms with van der Waals surface area (Å²) in [6, 6.07) is 12.9. The van der Waals surface area contributed by atoms with Crippen molar-refractivity contribution in [2.45, 2.75) is 19.3 Å². The van der Waals surface area contributed by atoms with Gasteiger partial charge in [-0.3, -0.25) is 0 Å². The van der Waals surface area contributed by atoms with Crippen LogP contribution in [-0.2, 0) is 5.41 Å². The first-order valence-electron chi connectivity index (χ1n) is 6.16. The molecular weight excluding hydrogens is 240 g/mol. The van der Waals surface area contributed by atoms with Crippen molar-refractivity contribution in [1.82, 2.24) is 0 Å². The Hall–Kier alpha value is -2.29. The zero-order valence-electron chi connectivity index (χ0n) is 10.8. The number of para-hydroxylation sites is 1. The fraction of sp³-hybridized carbons (Fsp3) is 0.188. The summed E-state index contributed by atoms with van der Waals surface area (Å²) in [6.45, 7) is 4.05. The molecule has 0 radical (unpaired) electrons. The number of ether oxygens (including phenoxy) is 1. The van der Waals surface area contributed by atoms with E-state index in [1.54, 1.807) is 12.1 Å². The van der Waals surface area contributed by atoms with Gasteiger partial charge in [0.05, 0.1) is 5.56 Å². The number of hydrogen-bond donors (Lipinski definition) is 1. The van der Waals surface area contributed by atoms with Gasteiger partial charge < -0.3 is 9.84 Å². The van der Waals surface area contributed by atoms with E-state index < -0.39 is 5.97 Å². The third kappa shape index (κ3) is 1.62. The Kier molecular flexibility index (Phi) is 2.39. The highest BCUT2D eigenvalue weighted by molar-refractivity contribution is 5.91. The molecule has 0 atom stereocenters. The molecule has 0 fully saturated rings. The maximum absolute atomic E-state index is 11.4. The largest absolute Gasteiger partial charge is 0.478 e. The van der Waals surface area contributed by atoms with Gasteiger partial charge in [0.2, 0.25) is 0 Å². The van der Waals surface area contributed by atoms with Gasteiger partial charge in [0.15, 0.2) is 0 Å². The summed E-state index contributed by atoms with van der Waals surface area (Å²) in [5.74, 6) is 0.499. The van der Waals surface area contributed by atoms with Crippen LogP contribution in [-0.4, -0.2) is 11.1 Å². The minimum Gasteiger partial charge on any atom is -0.478 e. The molecule has 1 heterocycles. The number of aromatic carboxylic acids is 1. The van der Waals surface area contributed by atoms with Gasteiger partial charge in [-0.1, -0.05) is 38.1 Å². The summed E-state index contributed by atoms with van der Waals surface area (Å²) >= 11 is 0. The lowest BCUT2D eigenvalue weighted by Crippen LogP contribution is -2.27. The number of fused-ring (bicyclic) bond motifs is 2. The molecule has 96 valence electrons. The van der Waals surface area contributed by atoms with Gasteiger partial charge >= 0.3 is 5.97 Å². The predicted molar refractivity (Wildman–Crippen MR) is 72.0 cm³/mol. The molecule has 0 aromatic heterocycles. The molecule has 1 aliphatic rings. The minimum atomic E-state index is -0.923. The second-order valence-corrected chi connectivity index (χ2v) is 5.21. The molecule has 0 bridgehead atoms. The van der Waals surface area contributed by atoms with Gasteiger partial charge in [-0.25, -0.2) is 4.79 Å². The van der Waals surface area contributed by atoms with Gasteiger partial charge in [0.25, 0.3) is 0 Å². The molecule has 3 rings (SSSR count). The third-order valence-corrected chi connectivity index (χ3v) is 3.66. The van der Waals surface area contributed by atoms with Crippen molar-refractivity contribution in [3.63, 3.8) is 0 Å². The Morgan fingerprint density at radius 2 is 1.74 bits per heavy atom. The second-order valence-electron chi connectivity index (χ2n) is 5.21. The smallest absolute Gasteiger partial charge is 0.336 e. The number of carboxylic acids is 1. The Balaban J connectivity index is 2.32. The number of carbonyl (C=O) groups is 1. The van der Waals surface area contributed by atoms with Crippen LogP contribution in [0.4, 0.5) is 0 Å². The quantitative estimate of drug-likeness (QED) is 0.841. The van der Waals surface area contributed by atoms with Crippen LogP contribution in [0.3, 0.4) is 0 Å². The summed E-state index contributed by atoms with van der Waals surface area (Å²) in [4.78, 5) is 11.4. The molecule has 0 aliphatic carbocycles. The average molecular weight is 254 g/mol. The summed E-state index contributed by atoms with van der Waals surface area (Å²) in [7, 11) is 0. The maximum atomic E-state index is 11.4. The van der Waals surface area contributed by atoms with Gasteiger partial charge in [-0.15, -0.1) is 0 Å². The zero-order valence-corrected chi connectivity index (χ0v) is 10.8. The minimum absolute atomic E-state index is 0.303. The van der Waals surface area contributed by atoms with Crippen LogP contribution in [0.2, 0.25) is 0 Å². The Labute approximate surface area is 111 Å². The molecule has 0 spiro atoms. The van der Waals surface area contributed by atoms with Gasteiger partial charge in [0, 0.05) is 16.5 Å². The van der Waals surface area contributed by atoms with Crippen LogP contribution < -0.4 is 4.74 Å². The monoisotopic (exact) mass is 254 g/mol. The van der Waals surface area contributed by atoms with E-state index >= 15 is 0 Å². The van der Waals surface area contributed by atoms with E-state index in [0.29, 0.717) is 11.3 Å². The molecule has 0 unspecified atom stereocenters. The standard InChI is InChI=1S/C16H14O3/c1-16(2)11-7-3-4-8-12(11)19-13-9-5-6-10(14(13)16)15(17)18/h3-9H,1-2H3,(H,17,18). The summed E-state index contributed by atoms with van der Waals surface area (Å²) in [6.07, 6.45) is 0. The second kappa shape index (κ2) is 3.85. The van der Waals surface area contributed by atoms with Gasteiger partial charge in [0.1, 0.15) is 11.5 Å². The normalized spacial score (nSPS) is 15.1. The molecule has 3 nitrogen and oxygen atoms in total. The predicted octanol–water partition coefficient (Wildman–Crippen LogP) is 3.82. The van der Waals surface area contributed by atoms with Gasteiger partial charge in [-0.2, -0.15) is 0 Å². The third-order valence-electron chi connectivity index (χ3n) is 3.66. The lowest BCUT2D eigenvalue weighted by Gasteiger charge is -2.35. The van der Waals surface area contributed by atoms with Crippen molar-refractivity contribution in [1.29, 1.82) is 0 Å². The van der Waals surface area contributed by atoms with Crippen LogP contribution in [0.25, 0.3) is 0 Å². The number of benzene rings is 2. The Morgan fingerprint density at radius 1 is 1.05 bits per heavy atom. The first-order valence-corrected chi connectivity index (χ1v) is 6.16. The van der Waals surface area contributed by atoms with E-state index in [1.807, 2.05) is 44.2 Å². The van der Waals surface area contributed by atoms with E-state index in [2.05, 4.69) is 0 Å². The first-order chi connectivity index (χ1) is 9.01. The van der Waals surface area contributed by atoms with Crippen molar-refractivity contribution in [3.05, 3.63) is 59.2 Å². The number of carboxylic acid groups (broad SMARTS) is 1. The fourth-order valence-corrected chi connectivity index (χ4v) is 2.76. The molecule has 2 aromatic carbocycles. The SMILES string of the molecule is CC1(C)c2ccccc2Oc2cccc(C(=O)O)c21. The average Bonchev–Trinajstić information content (AvgIpc) is 2.38. The summed E-state index contributed by atoms with van der Waals surface area (Å²) in [5, 5.41) is 9.37. The van der Waals surface area contributed by atoms with Gasteiger partial charge in [-0.05, 0) is 18.2 Å². The molecular formula is C16H14O3. The molecule has 0 saturated carbocycles. The lowest BCUT2D eigenvalue weighted by atomic mass is 9.74. The highest BCUT2D eigenvalue weighted by Gasteiger charge is 2.37. The van der Waals surface area contributed by atoms with Crippen LogP contribution in [0.5, 0.6) is 11.5 Å². The Morgan fingerprint density at radius 3 is 2.47 bits per heavy atom. The maximum Gasteiger partial charge on any atom is 0.336 e. The van der Waals surface area contributed by atoms with Crippen molar-refractivity contribution in [2.75, 3.05) is 0 Å². The van der Waals surface area contributed by atoms with E-state index in [0.717, 1.165) is 16.9 Å². The summed E-state index contributed by atoms with van der Waals surface area (Å²) in [5.41, 5.74) is 1.66. The number of rotatable bonds is 1. The highest BCUT2D eigenvalue weighted by Crippen LogP contribution is 2.48.